The minimum atomic E-state index is -3.07. The van der Waals surface area contributed by atoms with Crippen molar-refractivity contribution in [1.82, 2.24) is 9.62 Å². The highest BCUT2D eigenvalue weighted by Crippen LogP contribution is 2.21. The van der Waals surface area contributed by atoms with Crippen molar-refractivity contribution >= 4 is 10.0 Å². The third-order valence-corrected chi connectivity index (χ3v) is 5.35. The van der Waals surface area contributed by atoms with Gasteiger partial charge < -0.3 is 10.1 Å². The van der Waals surface area contributed by atoms with E-state index < -0.39 is 10.0 Å². The van der Waals surface area contributed by atoms with Crippen LogP contribution in [0.2, 0.25) is 0 Å². The normalized spacial score (nSPS) is 24.0. The van der Waals surface area contributed by atoms with Crippen LogP contribution in [0, 0.1) is 5.92 Å². The number of rotatable bonds is 5. The molecule has 2 rings (SSSR count). The Balaban J connectivity index is 1.93. The van der Waals surface area contributed by atoms with Crippen LogP contribution in [0.15, 0.2) is 24.3 Å². The number of hydrogen-bond acceptors (Lipinski definition) is 4. The van der Waals surface area contributed by atoms with Gasteiger partial charge in [0.25, 0.3) is 0 Å². The lowest BCUT2D eigenvalue weighted by Gasteiger charge is -2.36. The van der Waals surface area contributed by atoms with Gasteiger partial charge in [0.05, 0.1) is 13.4 Å². The minimum Gasteiger partial charge on any atom is -0.496 e. The number of nitrogens with one attached hydrogen (secondary N) is 1. The second-order valence-electron chi connectivity index (χ2n) is 5.69. The van der Waals surface area contributed by atoms with Gasteiger partial charge in [0.1, 0.15) is 5.75 Å². The molecular weight excluding hydrogens is 288 g/mol. The van der Waals surface area contributed by atoms with E-state index in [0.717, 1.165) is 24.3 Å². The summed E-state index contributed by atoms with van der Waals surface area (Å²) in [5.74, 6) is 1.18. The number of ether oxygens (including phenoxy) is 1. The zero-order valence-electron chi connectivity index (χ0n) is 12.9. The van der Waals surface area contributed by atoms with E-state index in [-0.39, 0.29) is 0 Å². The van der Waals surface area contributed by atoms with Gasteiger partial charge in [-0.05, 0) is 18.4 Å². The summed E-state index contributed by atoms with van der Waals surface area (Å²) in [4.78, 5) is 0. The van der Waals surface area contributed by atoms with Gasteiger partial charge >= 0.3 is 0 Å². The van der Waals surface area contributed by atoms with Crippen LogP contribution < -0.4 is 10.1 Å². The molecular formula is C15H24N2O3S. The smallest absolute Gasteiger partial charge is 0.211 e. The molecule has 1 aromatic rings. The van der Waals surface area contributed by atoms with Crippen LogP contribution in [0.4, 0.5) is 0 Å². The molecule has 1 aliphatic rings. The Morgan fingerprint density at radius 3 is 2.71 bits per heavy atom. The lowest BCUT2D eigenvalue weighted by Crippen LogP contribution is -2.49. The van der Waals surface area contributed by atoms with E-state index in [9.17, 15) is 8.42 Å². The molecule has 0 aromatic heterocycles. The van der Waals surface area contributed by atoms with E-state index in [1.807, 2.05) is 24.3 Å². The Labute approximate surface area is 127 Å². The van der Waals surface area contributed by atoms with E-state index in [0.29, 0.717) is 25.0 Å². The van der Waals surface area contributed by atoms with Crippen LogP contribution in [0.25, 0.3) is 0 Å². The largest absolute Gasteiger partial charge is 0.496 e. The zero-order valence-corrected chi connectivity index (χ0v) is 13.7. The Morgan fingerprint density at radius 1 is 1.38 bits per heavy atom. The number of methoxy groups -OCH3 is 1. The molecule has 1 N–H and O–H groups in total. The van der Waals surface area contributed by atoms with E-state index in [1.54, 1.807) is 11.4 Å². The number of hydrogen-bond donors (Lipinski definition) is 1. The first-order valence-corrected chi connectivity index (χ1v) is 9.07. The first-order valence-electron chi connectivity index (χ1n) is 7.22. The predicted molar refractivity (Wildman–Crippen MR) is 83.8 cm³/mol. The van der Waals surface area contributed by atoms with Crippen LogP contribution in [-0.4, -0.2) is 45.2 Å². The summed E-state index contributed by atoms with van der Waals surface area (Å²) < 4.78 is 30.1. The fourth-order valence-electron chi connectivity index (χ4n) is 2.80. The van der Waals surface area contributed by atoms with E-state index in [1.165, 1.54) is 6.26 Å². The van der Waals surface area contributed by atoms with Crippen LogP contribution >= 0.6 is 0 Å². The second-order valence-corrected chi connectivity index (χ2v) is 7.67. The van der Waals surface area contributed by atoms with E-state index in [2.05, 4.69) is 12.2 Å². The molecule has 21 heavy (non-hydrogen) atoms. The number of piperidine rings is 1. The summed E-state index contributed by atoms with van der Waals surface area (Å²) >= 11 is 0. The maximum Gasteiger partial charge on any atom is 0.211 e. The standard InChI is InChI=1S/C15H24N2O3S/c1-12-11-17(21(3,18)19)9-8-14(12)16-10-13-6-4-5-7-15(13)20-2/h4-7,12,14,16H,8-11H2,1-3H3/t12-,14+/m1/s1. The first-order chi connectivity index (χ1) is 9.91. The summed E-state index contributed by atoms with van der Waals surface area (Å²) in [6.07, 6.45) is 2.12. The molecule has 2 atom stereocenters. The molecule has 1 fully saturated rings. The van der Waals surface area contributed by atoms with Crippen molar-refractivity contribution in [3.63, 3.8) is 0 Å². The topological polar surface area (TPSA) is 58.6 Å². The highest BCUT2D eigenvalue weighted by molar-refractivity contribution is 7.88. The minimum absolute atomic E-state index is 0.295. The fourth-order valence-corrected chi connectivity index (χ4v) is 3.74. The van der Waals surface area contributed by atoms with Gasteiger partial charge in [-0.1, -0.05) is 25.1 Å². The number of para-hydroxylation sites is 1. The molecule has 0 amide bonds. The Morgan fingerprint density at radius 2 is 2.10 bits per heavy atom. The lowest BCUT2D eigenvalue weighted by molar-refractivity contribution is 0.219. The molecule has 0 aliphatic carbocycles. The molecule has 0 bridgehead atoms. The summed E-state index contributed by atoms with van der Waals surface area (Å²) in [5.41, 5.74) is 1.12. The Hall–Kier alpha value is -1.11. The van der Waals surface area contributed by atoms with Gasteiger partial charge in [-0.15, -0.1) is 0 Å². The summed E-state index contributed by atoms with van der Waals surface area (Å²) in [7, 11) is -1.40. The van der Waals surface area contributed by atoms with Crippen LogP contribution in [0.5, 0.6) is 5.75 Å². The summed E-state index contributed by atoms with van der Waals surface area (Å²) in [5, 5.41) is 3.53. The Bertz CT molecular complexity index is 574. The molecule has 0 saturated carbocycles. The molecule has 6 heteroatoms. The molecule has 0 radical (unpaired) electrons. The molecule has 1 aromatic carbocycles. The maximum absolute atomic E-state index is 11.6. The third-order valence-electron chi connectivity index (χ3n) is 4.08. The predicted octanol–water partition coefficient (Wildman–Crippen LogP) is 1.45. The van der Waals surface area contributed by atoms with Crippen molar-refractivity contribution in [2.75, 3.05) is 26.5 Å². The van der Waals surface area contributed by atoms with Crippen molar-refractivity contribution in [2.45, 2.75) is 25.9 Å². The second kappa shape index (κ2) is 6.77. The molecule has 0 unspecified atom stereocenters. The maximum atomic E-state index is 11.6. The highest BCUT2D eigenvalue weighted by atomic mass is 32.2. The van der Waals surface area contributed by atoms with E-state index >= 15 is 0 Å². The van der Waals surface area contributed by atoms with Gasteiger partial charge in [0.2, 0.25) is 10.0 Å². The first kappa shape index (κ1) is 16.3. The van der Waals surface area contributed by atoms with Crippen molar-refractivity contribution in [3.8, 4) is 5.75 Å². The lowest BCUT2D eigenvalue weighted by atomic mass is 9.95. The van der Waals surface area contributed by atoms with Crippen LogP contribution in [-0.2, 0) is 16.6 Å². The van der Waals surface area contributed by atoms with Gasteiger partial charge in [0.15, 0.2) is 0 Å². The van der Waals surface area contributed by atoms with Gasteiger partial charge in [-0.2, -0.15) is 0 Å². The number of nitrogens with zero attached hydrogens (tertiary/aromatic N) is 1. The van der Waals surface area contributed by atoms with Gasteiger partial charge in [0, 0.05) is 31.2 Å². The van der Waals surface area contributed by atoms with Crippen LogP contribution in [0.1, 0.15) is 18.9 Å². The number of benzene rings is 1. The molecule has 1 heterocycles. The summed E-state index contributed by atoms with van der Waals surface area (Å²) in [6, 6.07) is 8.27. The quantitative estimate of drug-likeness (QED) is 0.894. The molecule has 118 valence electrons. The average molecular weight is 312 g/mol. The highest BCUT2D eigenvalue weighted by Gasteiger charge is 2.30. The molecule has 1 aliphatic heterocycles. The molecule has 0 spiro atoms. The zero-order chi connectivity index (χ0) is 15.5. The van der Waals surface area contributed by atoms with Gasteiger partial charge in [-0.3, -0.25) is 0 Å². The fraction of sp³-hybridized carbons (Fsp3) is 0.600. The monoisotopic (exact) mass is 312 g/mol. The summed E-state index contributed by atoms with van der Waals surface area (Å²) in [6.45, 7) is 4.00. The third kappa shape index (κ3) is 4.18. The van der Waals surface area contributed by atoms with Crippen molar-refractivity contribution in [3.05, 3.63) is 29.8 Å². The van der Waals surface area contributed by atoms with Crippen molar-refractivity contribution in [1.29, 1.82) is 0 Å². The van der Waals surface area contributed by atoms with Crippen molar-refractivity contribution in [2.24, 2.45) is 5.92 Å². The molecule has 5 nitrogen and oxygen atoms in total. The Kier molecular flexibility index (Phi) is 5.24. The number of sulfonamides is 1. The molecule has 1 saturated heterocycles. The van der Waals surface area contributed by atoms with Gasteiger partial charge in [-0.25, -0.2) is 12.7 Å². The van der Waals surface area contributed by atoms with E-state index in [4.69, 9.17) is 4.74 Å². The van der Waals surface area contributed by atoms with Crippen molar-refractivity contribution < 1.29 is 13.2 Å². The van der Waals surface area contributed by atoms with Crippen LogP contribution in [0.3, 0.4) is 0 Å². The average Bonchev–Trinajstić information content (AvgIpc) is 2.45. The SMILES string of the molecule is COc1ccccc1CN[C@H]1CCN(S(C)(=O)=O)C[C@H]1C.